The molecule has 0 aliphatic carbocycles. The molecular formula is C23H22ClF3N4O5. The summed E-state index contributed by atoms with van der Waals surface area (Å²) in [6.07, 6.45) is -5.17. The lowest BCUT2D eigenvalue weighted by molar-refractivity contribution is -0.137. The number of halogens is 4. The molecule has 192 valence electrons. The summed E-state index contributed by atoms with van der Waals surface area (Å²) in [6, 6.07) is 8.59. The molecule has 2 aromatic carbocycles. The molecule has 1 N–H and O–H groups in total. The average Bonchev–Trinajstić information content (AvgIpc) is 3.21. The number of carbonyl (C=O) groups is 1. The molecule has 1 aliphatic rings. The first-order valence-corrected chi connectivity index (χ1v) is 11.4. The largest absolute Gasteiger partial charge is 0.437 e. The van der Waals surface area contributed by atoms with E-state index in [-0.39, 0.29) is 23.7 Å². The van der Waals surface area contributed by atoms with Gasteiger partial charge in [0, 0.05) is 42.3 Å². The van der Waals surface area contributed by atoms with Crippen molar-refractivity contribution >= 4 is 17.7 Å². The monoisotopic (exact) mass is 526 g/mol. The van der Waals surface area contributed by atoms with Crippen molar-refractivity contribution in [2.45, 2.75) is 12.7 Å². The third kappa shape index (κ3) is 6.65. The molecule has 13 heteroatoms. The van der Waals surface area contributed by atoms with E-state index in [1.807, 2.05) is 0 Å². The van der Waals surface area contributed by atoms with Gasteiger partial charge in [0.2, 0.25) is 5.89 Å². The van der Waals surface area contributed by atoms with Gasteiger partial charge in [0.25, 0.3) is 0 Å². The minimum Gasteiger partial charge on any atom is -0.410 e. The van der Waals surface area contributed by atoms with Crippen LogP contribution in [0.4, 0.5) is 18.0 Å². The highest BCUT2D eigenvalue weighted by molar-refractivity contribution is 6.30. The molecule has 1 saturated heterocycles. The van der Waals surface area contributed by atoms with E-state index < -0.39 is 23.6 Å². The van der Waals surface area contributed by atoms with Gasteiger partial charge in [0.15, 0.2) is 0 Å². The van der Waals surface area contributed by atoms with Crippen LogP contribution >= 0.6 is 11.6 Å². The third-order valence-corrected chi connectivity index (χ3v) is 5.65. The number of nitrogens with zero attached hydrogens (tertiary/aromatic N) is 3. The SMILES string of the molecule is O=C(NCCN1CCOCC1)Oc1ccc(Cl)cc1Cn1nc(-c2ccc(C(F)(F)F)cc2)oc1=O. The van der Waals surface area contributed by atoms with Gasteiger partial charge < -0.3 is 19.2 Å². The summed E-state index contributed by atoms with van der Waals surface area (Å²) in [7, 11) is 0. The van der Waals surface area contributed by atoms with E-state index in [4.69, 9.17) is 25.5 Å². The van der Waals surface area contributed by atoms with Crippen LogP contribution in [0.15, 0.2) is 51.7 Å². The zero-order valence-electron chi connectivity index (χ0n) is 18.9. The van der Waals surface area contributed by atoms with E-state index in [9.17, 15) is 22.8 Å². The van der Waals surface area contributed by atoms with Crippen LogP contribution in [0.25, 0.3) is 11.5 Å². The molecule has 0 radical (unpaired) electrons. The van der Waals surface area contributed by atoms with Crippen LogP contribution in [0.1, 0.15) is 11.1 Å². The Kier molecular flexibility index (Phi) is 7.97. The fourth-order valence-corrected chi connectivity index (χ4v) is 3.73. The van der Waals surface area contributed by atoms with Gasteiger partial charge in [-0.15, -0.1) is 5.10 Å². The van der Waals surface area contributed by atoms with Crippen LogP contribution in [-0.2, 0) is 17.5 Å². The number of aromatic nitrogens is 2. The van der Waals surface area contributed by atoms with Gasteiger partial charge in [-0.25, -0.2) is 9.59 Å². The van der Waals surface area contributed by atoms with Gasteiger partial charge in [-0.1, -0.05) is 11.6 Å². The Morgan fingerprint density at radius 2 is 1.86 bits per heavy atom. The second kappa shape index (κ2) is 11.1. The standard InChI is InChI=1S/C23H22ClF3N4O5/c24-18-5-6-19(35-21(32)28-7-8-30-9-11-34-12-10-30)16(13-18)14-31-22(33)36-20(29-31)15-1-3-17(4-2-15)23(25,26)27/h1-6,13H,7-12,14H2,(H,28,32). The van der Waals surface area contributed by atoms with E-state index in [0.717, 1.165) is 42.0 Å². The second-order valence-corrected chi connectivity index (χ2v) is 8.36. The Balaban J connectivity index is 1.43. The number of rotatable bonds is 7. The van der Waals surface area contributed by atoms with Crippen molar-refractivity contribution in [3.8, 4) is 17.2 Å². The van der Waals surface area contributed by atoms with Crippen molar-refractivity contribution in [1.29, 1.82) is 0 Å². The first-order valence-electron chi connectivity index (χ1n) is 11.0. The van der Waals surface area contributed by atoms with Crippen LogP contribution in [0.5, 0.6) is 5.75 Å². The lowest BCUT2D eigenvalue weighted by atomic mass is 10.1. The summed E-state index contributed by atoms with van der Waals surface area (Å²) in [6.45, 7) is 3.76. The van der Waals surface area contributed by atoms with Crippen LogP contribution in [-0.4, -0.2) is 60.2 Å². The van der Waals surface area contributed by atoms with Gasteiger partial charge in [0.05, 0.1) is 25.3 Å². The molecule has 1 amide bonds. The van der Waals surface area contributed by atoms with Gasteiger partial charge >= 0.3 is 18.0 Å². The van der Waals surface area contributed by atoms with Crippen LogP contribution in [0, 0.1) is 0 Å². The van der Waals surface area contributed by atoms with Gasteiger partial charge in [-0.3, -0.25) is 4.90 Å². The zero-order chi connectivity index (χ0) is 25.7. The van der Waals surface area contributed by atoms with Crippen LogP contribution < -0.4 is 15.8 Å². The van der Waals surface area contributed by atoms with Crippen LogP contribution in [0.2, 0.25) is 5.02 Å². The van der Waals surface area contributed by atoms with E-state index >= 15 is 0 Å². The van der Waals surface area contributed by atoms with Crippen molar-refractivity contribution < 1.29 is 31.9 Å². The minimum atomic E-state index is -4.49. The molecule has 4 rings (SSSR count). The Bertz CT molecular complexity index is 1250. The maximum atomic E-state index is 12.8. The predicted molar refractivity (Wildman–Crippen MR) is 123 cm³/mol. The van der Waals surface area contributed by atoms with Crippen molar-refractivity contribution in [1.82, 2.24) is 20.0 Å². The predicted octanol–water partition coefficient (Wildman–Crippen LogP) is 3.64. The first kappa shape index (κ1) is 25.7. The van der Waals surface area contributed by atoms with E-state index in [0.29, 0.717) is 36.9 Å². The summed E-state index contributed by atoms with van der Waals surface area (Å²) < 4.78 is 55.2. The van der Waals surface area contributed by atoms with Crippen molar-refractivity contribution in [3.05, 3.63) is 69.2 Å². The van der Waals surface area contributed by atoms with Crippen molar-refractivity contribution in [2.75, 3.05) is 39.4 Å². The Hall–Kier alpha value is -3.35. The number of hydrogen-bond acceptors (Lipinski definition) is 7. The highest BCUT2D eigenvalue weighted by atomic mass is 35.5. The lowest BCUT2D eigenvalue weighted by Gasteiger charge is -2.26. The molecule has 9 nitrogen and oxygen atoms in total. The molecular weight excluding hydrogens is 505 g/mol. The quantitative estimate of drug-likeness (QED) is 0.502. The maximum absolute atomic E-state index is 12.8. The maximum Gasteiger partial charge on any atom is 0.437 e. The number of alkyl halides is 3. The molecule has 0 bridgehead atoms. The van der Waals surface area contributed by atoms with Gasteiger partial charge in [0.1, 0.15) is 5.75 Å². The summed E-state index contributed by atoms with van der Waals surface area (Å²) in [5, 5.41) is 7.07. The number of amides is 1. The van der Waals surface area contributed by atoms with E-state index in [1.165, 1.54) is 18.2 Å². The van der Waals surface area contributed by atoms with Crippen LogP contribution in [0.3, 0.4) is 0 Å². The number of carbonyl (C=O) groups excluding carboxylic acids is 1. The number of ether oxygens (including phenoxy) is 2. The third-order valence-electron chi connectivity index (χ3n) is 5.41. The fraction of sp³-hybridized carbons (Fsp3) is 0.348. The molecule has 1 fully saturated rings. The highest BCUT2D eigenvalue weighted by Crippen LogP contribution is 2.30. The van der Waals surface area contributed by atoms with Crippen molar-refractivity contribution in [2.24, 2.45) is 0 Å². The molecule has 0 spiro atoms. The minimum absolute atomic E-state index is 0.153. The molecule has 0 saturated carbocycles. The number of morpholine rings is 1. The zero-order valence-corrected chi connectivity index (χ0v) is 19.6. The molecule has 3 aromatic rings. The molecule has 1 aliphatic heterocycles. The average molecular weight is 527 g/mol. The van der Waals surface area contributed by atoms with Gasteiger partial charge in [-0.2, -0.15) is 17.9 Å². The summed E-state index contributed by atoms with van der Waals surface area (Å²) in [5.41, 5.74) is -0.266. The Morgan fingerprint density at radius 3 is 2.56 bits per heavy atom. The lowest BCUT2D eigenvalue weighted by Crippen LogP contribution is -2.41. The van der Waals surface area contributed by atoms with Gasteiger partial charge in [-0.05, 0) is 42.5 Å². The van der Waals surface area contributed by atoms with Crippen molar-refractivity contribution in [3.63, 3.8) is 0 Å². The summed E-state index contributed by atoms with van der Waals surface area (Å²) in [4.78, 5) is 26.8. The Morgan fingerprint density at radius 1 is 1.14 bits per heavy atom. The molecule has 0 unspecified atom stereocenters. The molecule has 1 aromatic heterocycles. The normalized spacial score (nSPS) is 14.6. The molecule has 36 heavy (non-hydrogen) atoms. The number of hydrogen-bond donors (Lipinski definition) is 1. The number of nitrogens with one attached hydrogen (secondary N) is 1. The van der Waals surface area contributed by atoms with E-state index in [2.05, 4.69) is 15.3 Å². The fourth-order valence-electron chi connectivity index (χ4n) is 3.53. The second-order valence-electron chi connectivity index (χ2n) is 7.93. The first-order chi connectivity index (χ1) is 17.2. The number of benzene rings is 2. The van der Waals surface area contributed by atoms with E-state index in [1.54, 1.807) is 0 Å². The smallest absolute Gasteiger partial charge is 0.410 e. The Labute approximate surface area is 208 Å². The molecule has 0 atom stereocenters. The summed E-state index contributed by atoms with van der Waals surface area (Å²) in [5.74, 6) is -0.834. The highest BCUT2D eigenvalue weighted by Gasteiger charge is 2.30. The molecule has 2 heterocycles. The topological polar surface area (TPSA) is 98.8 Å². The summed E-state index contributed by atoms with van der Waals surface area (Å²) >= 11 is 6.09.